The minimum absolute atomic E-state index is 0.0402. The van der Waals surface area contributed by atoms with Crippen LogP contribution in [0, 0.1) is 21.8 Å². The molecule has 0 heterocycles. The summed E-state index contributed by atoms with van der Waals surface area (Å²) < 4.78 is 13.1. The highest BCUT2D eigenvalue weighted by Crippen LogP contribution is 2.27. The van der Waals surface area contributed by atoms with Gasteiger partial charge in [-0.2, -0.15) is 0 Å². The van der Waals surface area contributed by atoms with E-state index in [0.29, 0.717) is 0 Å². The number of quaternary nitrogens is 1. The Balaban J connectivity index is 2.05. The van der Waals surface area contributed by atoms with Gasteiger partial charge in [-0.25, -0.2) is 4.39 Å². The van der Waals surface area contributed by atoms with Gasteiger partial charge in [0.25, 0.3) is 11.6 Å². The SMILES string of the molecule is CC(C)[C@H]([NH2+]CC(=O)Nc1ccc(Cl)cc1[N+](=O)[O-])c1ccc(F)cc1. The second-order valence-corrected chi connectivity index (χ2v) is 6.66. The van der Waals surface area contributed by atoms with Crippen molar-refractivity contribution < 1.29 is 19.4 Å². The summed E-state index contributed by atoms with van der Waals surface area (Å²) in [5.41, 5.74) is 0.747. The van der Waals surface area contributed by atoms with Gasteiger partial charge in [0.1, 0.15) is 17.5 Å². The molecule has 0 saturated heterocycles. The fourth-order valence-electron chi connectivity index (χ4n) is 2.67. The average molecular weight is 381 g/mol. The number of hydrogen-bond donors (Lipinski definition) is 2. The molecule has 138 valence electrons. The molecule has 1 atom stereocenters. The molecule has 0 aliphatic carbocycles. The molecule has 3 N–H and O–H groups in total. The van der Waals surface area contributed by atoms with Gasteiger partial charge in [-0.05, 0) is 24.3 Å². The van der Waals surface area contributed by atoms with E-state index in [-0.39, 0.29) is 46.6 Å². The Hall–Kier alpha value is -2.51. The van der Waals surface area contributed by atoms with Crippen molar-refractivity contribution in [1.29, 1.82) is 0 Å². The molecule has 0 radical (unpaired) electrons. The predicted octanol–water partition coefficient (Wildman–Crippen LogP) is 3.29. The van der Waals surface area contributed by atoms with Crippen LogP contribution in [0.2, 0.25) is 5.02 Å². The average Bonchev–Trinajstić information content (AvgIpc) is 2.57. The standard InChI is InChI=1S/C18H19ClFN3O3/c1-11(2)18(12-3-6-14(20)7-4-12)21-10-17(24)22-15-8-5-13(19)9-16(15)23(25)26/h3-9,11,18,21H,10H2,1-2H3,(H,22,24)/p+1/t18-/m0/s1. The maximum atomic E-state index is 13.1. The molecule has 26 heavy (non-hydrogen) atoms. The van der Waals surface area contributed by atoms with Gasteiger partial charge in [0.05, 0.1) is 4.92 Å². The van der Waals surface area contributed by atoms with Crippen molar-refractivity contribution in [2.24, 2.45) is 5.92 Å². The number of carbonyl (C=O) groups is 1. The third-order valence-electron chi connectivity index (χ3n) is 3.96. The molecule has 2 rings (SSSR count). The molecule has 1 amide bonds. The number of anilines is 1. The normalized spacial score (nSPS) is 12.0. The van der Waals surface area contributed by atoms with E-state index in [1.807, 2.05) is 19.2 Å². The lowest BCUT2D eigenvalue weighted by Gasteiger charge is -2.19. The molecule has 0 saturated carbocycles. The summed E-state index contributed by atoms with van der Waals surface area (Å²) in [6.45, 7) is 4.08. The first kappa shape index (κ1) is 19.8. The molecule has 0 aliphatic heterocycles. The van der Waals surface area contributed by atoms with Crippen molar-refractivity contribution >= 4 is 28.9 Å². The van der Waals surface area contributed by atoms with Gasteiger partial charge in [-0.1, -0.05) is 37.6 Å². The number of nitrogens with zero attached hydrogens (tertiary/aromatic N) is 1. The van der Waals surface area contributed by atoms with Crippen LogP contribution < -0.4 is 10.6 Å². The van der Waals surface area contributed by atoms with Crippen molar-refractivity contribution in [2.45, 2.75) is 19.9 Å². The molecular weight excluding hydrogens is 361 g/mol. The Morgan fingerprint density at radius 2 is 1.92 bits per heavy atom. The van der Waals surface area contributed by atoms with Crippen molar-refractivity contribution in [3.63, 3.8) is 0 Å². The van der Waals surface area contributed by atoms with E-state index in [4.69, 9.17) is 11.6 Å². The molecule has 8 heteroatoms. The van der Waals surface area contributed by atoms with Crippen LogP contribution in [0.4, 0.5) is 15.8 Å². The lowest BCUT2D eigenvalue weighted by Crippen LogP contribution is -2.88. The molecule has 0 aliphatic rings. The van der Waals surface area contributed by atoms with Gasteiger partial charge in [0.2, 0.25) is 0 Å². The minimum atomic E-state index is -0.597. The summed E-state index contributed by atoms with van der Waals surface area (Å²) in [4.78, 5) is 22.7. The maximum absolute atomic E-state index is 13.1. The van der Waals surface area contributed by atoms with E-state index in [2.05, 4.69) is 5.32 Å². The zero-order valence-corrected chi connectivity index (χ0v) is 15.2. The summed E-state index contributed by atoms with van der Waals surface area (Å²) in [6, 6.07) is 10.2. The van der Waals surface area contributed by atoms with Crippen LogP contribution in [0.25, 0.3) is 0 Å². The molecule has 6 nitrogen and oxygen atoms in total. The first-order valence-electron chi connectivity index (χ1n) is 8.10. The Morgan fingerprint density at radius 3 is 2.50 bits per heavy atom. The van der Waals surface area contributed by atoms with Gasteiger partial charge in [-0.15, -0.1) is 0 Å². The fraction of sp³-hybridized carbons (Fsp3) is 0.278. The molecule has 0 fully saturated rings. The van der Waals surface area contributed by atoms with Crippen LogP contribution in [-0.4, -0.2) is 17.4 Å². The number of nitro benzene ring substituents is 1. The minimum Gasteiger partial charge on any atom is -0.332 e. The van der Waals surface area contributed by atoms with Gasteiger partial charge >= 0.3 is 0 Å². The summed E-state index contributed by atoms with van der Waals surface area (Å²) in [7, 11) is 0. The van der Waals surface area contributed by atoms with Crippen molar-refractivity contribution in [3.8, 4) is 0 Å². The molecule has 2 aromatic rings. The number of hydrogen-bond acceptors (Lipinski definition) is 3. The number of rotatable bonds is 7. The van der Waals surface area contributed by atoms with E-state index in [1.54, 1.807) is 12.1 Å². The third-order valence-corrected chi connectivity index (χ3v) is 4.20. The highest BCUT2D eigenvalue weighted by molar-refractivity contribution is 6.31. The second-order valence-electron chi connectivity index (χ2n) is 6.23. The molecule has 2 aromatic carbocycles. The van der Waals surface area contributed by atoms with Crippen LogP contribution >= 0.6 is 11.6 Å². The van der Waals surface area contributed by atoms with Crippen LogP contribution in [-0.2, 0) is 4.79 Å². The first-order valence-corrected chi connectivity index (χ1v) is 8.48. The zero-order chi connectivity index (χ0) is 19.3. The van der Waals surface area contributed by atoms with Crippen LogP contribution in [0.1, 0.15) is 25.5 Å². The number of carbonyl (C=O) groups excluding carboxylic acids is 1. The smallest absolute Gasteiger partial charge is 0.294 e. The van der Waals surface area contributed by atoms with Crippen LogP contribution in [0.3, 0.4) is 0 Å². The quantitative estimate of drug-likeness (QED) is 0.570. The number of amides is 1. The number of nitro groups is 1. The lowest BCUT2D eigenvalue weighted by atomic mass is 9.96. The Bertz CT molecular complexity index is 797. The maximum Gasteiger partial charge on any atom is 0.294 e. The van der Waals surface area contributed by atoms with E-state index < -0.39 is 4.92 Å². The Labute approximate surface area is 155 Å². The van der Waals surface area contributed by atoms with E-state index in [1.165, 1.54) is 30.3 Å². The summed E-state index contributed by atoms with van der Waals surface area (Å²) in [5, 5.41) is 15.7. The predicted molar refractivity (Wildman–Crippen MR) is 97.5 cm³/mol. The van der Waals surface area contributed by atoms with Crippen LogP contribution in [0.15, 0.2) is 42.5 Å². The molecule has 0 spiro atoms. The van der Waals surface area contributed by atoms with E-state index >= 15 is 0 Å². The van der Waals surface area contributed by atoms with Gasteiger partial charge in [-0.3, -0.25) is 14.9 Å². The number of halogens is 2. The molecule has 0 unspecified atom stereocenters. The largest absolute Gasteiger partial charge is 0.332 e. The monoisotopic (exact) mass is 380 g/mol. The number of nitrogens with two attached hydrogens (primary N) is 1. The van der Waals surface area contributed by atoms with Crippen molar-refractivity contribution in [3.05, 3.63) is 69.0 Å². The van der Waals surface area contributed by atoms with E-state index in [0.717, 1.165) is 5.56 Å². The van der Waals surface area contributed by atoms with E-state index in [9.17, 15) is 19.3 Å². The zero-order valence-electron chi connectivity index (χ0n) is 14.4. The topological polar surface area (TPSA) is 88.8 Å². The second kappa shape index (κ2) is 8.73. The highest BCUT2D eigenvalue weighted by Gasteiger charge is 2.22. The number of benzene rings is 2. The molecule has 0 bridgehead atoms. The summed E-state index contributed by atoms with van der Waals surface area (Å²) in [6.07, 6.45) is 0. The molecular formula is C18H20ClFN3O3+. The fourth-order valence-corrected chi connectivity index (χ4v) is 2.84. The van der Waals surface area contributed by atoms with Gasteiger partial charge in [0, 0.05) is 22.6 Å². The van der Waals surface area contributed by atoms with Gasteiger partial charge < -0.3 is 10.6 Å². The van der Waals surface area contributed by atoms with Crippen molar-refractivity contribution in [1.82, 2.24) is 0 Å². The third kappa shape index (κ3) is 5.24. The number of nitrogens with one attached hydrogen (secondary N) is 1. The Morgan fingerprint density at radius 1 is 1.27 bits per heavy atom. The van der Waals surface area contributed by atoms with Crippen LogP contribution in [0.5, 0.6) is 0 Å². The first-order chi connectivity index (χ1) is 12.3. The van der Waals surface area contributed by atoms with Gasteiger partial charge in [0.15, 0.2) is 6.54 Å². The summed E-state index contributed by atoms with van der Waals surface area (Å²) in [5.74, 6) is -0.481. The summed E-state index contributed by atoms with van der Waals surface area (Å²) >= 11 is 5.76. The molecule has 0 aromatic heterocycles. The Kier molecular flexibility index (Phi) is 6.65. The lowest BCUT2D eigenvalue weighted by molar-refractivity contribution is -0.692. The van der Waals surface area contributed by atoms with Crippen molar-refractivity contribution in [2.75, 3.05) is 11.9 Å². The highest BCUT2D eigenvalue weighted by atomic mass is 35.5.